The number of hydrogen-bond acceptors (Lipinski definition) is 8. The quantitative estimate of drug-likeness (QED) is 0.223. The summed E-state index contributed by atoms with van der Waals surface area (Å²) in [5.74, 6) is -5.18. The van der Waals surface area contributed by atoms with Gasteiger partial charge in [-0.15, -0.1) is 0 Å². The molecular formula is C26H20F6N4O8Zn. The zero-order valence-corrected chi connectivity index (χ0v) is 26.5. The van der Waals surface area contributed by atoms with Crippen LogP contribution in [-0.2, 0) is 45.9 Å². The van der Waals surface area contributed by atoms with Gasteiger partial charge in [-0.3, -0.25) is 9.36 Å². The van der Waals surface area contributed by atoms with Crippen LogP contribution in [0, 0.1) is 0 Å². The number of aromatic carboxylic acids is 2. The largest absolute Gasteiger partial charge is 2.00 e. The number of hydrogen-bond donors (Lipinski definition) is 2. The van der Waals surface area contributed by atoms with Crippen LogP contribution in [0.5, 0.6) is 23.0 Å². The Balaban J connectivity index is 0.000000307. The molecule has 0 amide bonds. The number of methoxy groups -OCH3 is 2. The number of nitrogens with zero attached hydrogens (tertiary/aromatic N) is 4. The summed E-state index contributed by atoms with van der Waals surface area (Å²) in [6.45, 7) is 0. The van der Waals surface area contributed by atoms with Gasteiger partial charge in [0.2, 0.25) is 0 Å². The number of carboxylic acid groups (broad SMARTS) is 2. The summed E-state index contributed by atoms with van der Waals surface area (Å²) >= 11 is 0. The topological polar surface area (TPSA) is 175 Å². The molecule has 0 saturated carbocycles. The van der Waals surface area contributed by atoms with E-state index >= 15 is 0 Å². The molecule has 0 bridgehead atoms. The van der Waals surface area contributed by atoms with Crippen molar-refractivity contribution in [2.75, 3.05) is 14.2 Å². The number of ether oxygens (including phenoxy) is 2. The van der Waals surface area contributed by atoms with Crippen LogP contribution in [0.25, 0.3) is 22.5 Å². The minimum absolute atomic E-state index is 0. The fourth-order valence-corrected chi connectivity index (χ4v) is 3.89. The zero-order chi connectivity index (χ0) is 33.3. The Bertz CT molecular complexity index is 1610. The van der Waals surface area contributed by atoms with Gasteiger partial charge in [-0.05, 0) is 47.9 Å². The first-order valence-corrected chi connectivity index (χ1v) is 11.8. The first-order valence-electron chi connectivity index (χ1n) is 11.8. The van der Waals surface area contributed by atoms with Crippen molar-refractivity contribution >= 4 is 11.9 Å². The molecule has 0 saturated heterocycles. The number of alkyl halides is 6. The second-order valence-corrected chi connectivity index (χ2v) is 8.81. The SMILES string of the molecule is COc1cc(-c2nn(C)c(C(=O)O)c2[O-])cc(C(F)(F)F)c1.COc1cc(-c2nn(C)c(C(=O)O)c2[O-])cc(C(F)(F)F)c1.[Zn+2]. The molecule has 236 valence electrons. The van der Waals surface area contributed by atoms with Crippen molar-refractivity contribution < 1.29 is 85.3 Å². The molecule has 12 nitrogen and oxygen atoms in total. The summed E-state index contributed by atoms with van der Waals surface area (Å²) in [4.78, 5) is 21.9. The standard InChI is InChI=1S/2C13H11F3N2O4.Zn/c2*1-18-10(12(20)21)11(19)9(17-18)6-3-7(13(14,15)16)5-8(4-6)22-2;/h2*3-5,19H,1-2H3,(H,20,21);/q;;+2/p-2. The summed E-state index contributed by atoms with van der Waals surface area (Å²) in [5.41, 5.74) is -4.42. The third-order valence-electron chi connectivity index (χ3n) is 5.90. The molecule has 2 heterocycles. The number of benzene rings is 2. The molecule has 0 fully saturated rings. The average molecular weight is 696 g/mol. The molecule has 19 heteroatoms. The molecule has 0 aliphatic heterocycles. The fraction of sp³-hybridized carbons (Fsp3) is 0.231. The molecule has 0 unspecified atom stereocenters. The van der Waals surface area contributed by atoms with E-state index in [1.165, 1.54) is 40.4 Å². The van der Waals surface area contributed by atoms with Gasteiger partial charge >= 0.3 is 43.8 Å². The molecule has 0 aliphatic carbocycles. The van der Waals surface area contributed by atoms with E-state index in [1.807, 2.05) is 0 Å². The van der Waals surface area contributed by atoms with Crippen molar-refractivity contribution in [3.05, 3.63) is 58.9 Å². The Kier molecular flexibility index (Phi) is 10.9. The maximum Gasteiger partial charge on any atom is 2.00 e. The molecular weight excluding hydrogens is 676 g/mol. The number of carboxylic acids is 2. The maximum atomic E-state index is 12.9. The Morgan fingerprint density at radius 2 is 1.00 bits per heavy atom. The average Bonchev–Trinajstić information content (AvgIpc) is 3.40. The van der Waals surface area contributed by atoms with E-state index in [0.29, 0.717) is 0 Å². The third-order valence-corrected chi connectivity index (χ3v) is 5.90. The van der Waals surface area contributed by atoms with Crippen LogP contribution in [-0.4, -0.2) is 55.9 Å². The van der Waals surface area contributed by atoms with Crippen molar-refractivity contribution in [1.82, 2.24) is 19.6 Å². The van der Waals surface area contributed by atoms with Crippen LogP contribution >= 0.6 is 0 Å². The van der Waals surface area contributed by atoms with Crippen molar-refractivity contribution in [2.24, 2.45) is 14.1 Å². The molecule has 4 rings (SSSR count). The van der Waals surface area contributed by atoms with E-state index in [0.717, 1.165) is 33.6 Å². The minimum atomic E-state index is -4.64. The van der Waals surface area contributed by atoms with Crippen molar-refractivity contribution in [3.8, 4) is 45.5 Å². The van der Waals surface area contributed by atoms with E-state index in [2.05, 4.69) is 10.2 Å². The van der Waals surface area contributed by atoms with Gasteiger partial charge in [0.15, 0.2) is 0 Å². The molecule has 4 aromatic rings. The molecule has 0 atom stereocenters. The second-order valence-electron chi connectivity index (χ2n) is 8.81. The van der Waals surface area contributed by atoms with E-state index in [4.69, 9.17) is 19.7 Å². The van der Waals surface area contributed by atoms with Crippen LogP contribution in [0.15, 0.2) is 36.4 Å². The smallest absolute Gasteiger partial charge is 0.869 e. The summed E-state index contributed by atoms with van der Waals surface area (Å²) in [6.07, 6.45) is -9.28. The van der Waals surface area contributed by atoms with Crippen LogP contribution in [0.3, 0.4) is 0 Å². The Morgan fingerprint density at radius 1 is 0.689 bits per heavy atom. The number of halogens is 6. The molecule has 2 aromatic carbocycles. The van der Waals surface area contributed by atoms with Gasteiger partial charge in [0.05, 0.1) is 36.7 Å². The monoisotopic (exact) mass is 694 g/mol. The first-order chi connectivity index (χ1) is 20.3. The van der Waals surface area contributed by atoms with Gasteiger partial charge < -0.3 is 29.9 Å². The van der Waals surface area contributed by atoms with Gasteiger partial charge in [-0.1, -0.05) is 0 Å². The molecule has 0 spiro atoms. The van der Waals surface area contributed by atoms with Gasteiger partial charge in [0.1, 0.15) is 22.9 Å². The predicted octanol–water partition coefficient (Wildman–Crippen LogP) is 3.77. The normalized spacial score (nSPS) is 11.2. The van der Waals surface area contributed by atoms with Crippen molar-refractivity contribution in [1.29, 1.82) is 0 Å². The minimum Gasteiger partial charge on any atom is -0.869 e. The maximum absolute atomic E-state index is 12.9. The fourth-order valence-electron chi connectivity index (χ4n) is 3.89. The number of aromatic nitrogens is 4. The Morgan fingerprint density at radius 3 is 1.22 bits per heavy atom. The van der Waals surface area contributed by atoms with E-state index in [-0.39, 0.29) is 53.5 Å². The van der Waals surface area contributed by atoms with Crippen LogP contribution in [0.2, 0.25) is 0 Å². The summed E-state index contributed by atoms with van der Waals surface area (Å²) < 4.78 is 88.4. The number of rotatable bonds is 6. The molecule has 45 heavy (non-hydrogen) atoms. The summed E-state index contributed by atoms with van der Waals surface area (Å²) in [7, 11) is 4.80. The zero-order valence-electron chi connectivity index (χ0n) is 23.6. The number of carbonyl (C=O) groups is 2. The first kappa shape index (κ1) is 36.4. The van der Waals surface area contributed by atoms with Gasteiger partial charge in [-0.25, -0.2) is 9.59 Å². The Labute approximate surface area is 261 Å². The van der Waals surface area contributed by atoms with Gasteiger partial charge in [-0.2, -0.15) is 36.5 Å². The molecule has 2 N–H and O–H groups in total. The van der Waals surface area contributed by atoms with Crippen LogP contribution in [0.1, 0.15) is 32.1 Å². The van der Waals surface area contributed by atoms with Crippen LogP contribution < -0.4 is 19.7 Å². The van der Waals surface area contributed by atoms with E-state index < -0.39 is 58.3 Å². The third kappa shape index (κ3) is 7.84. The summed E-state index contributed by atoms with van der Waals surface area (Å²) in [6, 6.07) is 5.36. The Hall–Kier alpha value is -4.80. The molecule has 0 aliphatic rings. The predicted molar refractivity (Wildman–Crippen MR) is 133 cm³/mol. The van der Waals surface area contributed by atoms with Crippen molar-refractivity contribution in [3.63, 3.8) is 0 Å². The van der Waals surface area contributed by atoms with Crippen molar-refractivity contribution in [2.45, 2.75) is 12.4 Å². The van der Waals surface area contributed by atoms with Gasteiger partial charge in [0.25, 0.3) is 0 Å². The van der Waals surface area contributed by atoms with Gasteiger partial charge in [0, 0.05) is 25.2 Å². The molecule has 2 aromatic heterocycles. The number of aryl methyl sites for hydroxylation is 2. The van der Waals surface area contributed by atoms with E-state index in [9.17, 15) is 46.1 Å². The second kappa shape index (κ2) is 13.5. The van der Waals surface area contributed by atoms with E-state index in [1.54, 1.807) is 0 Å². The van der Waals surface area contributed by atoms with Crippen LogP contribution in [0.4, 0.5) is 26.3 Å². The molecule has 0 radical (unpaired) electrons. The summed E-state index contributed by atoms with van der Waals surface area (Å²) in [5, 5.41) is 49.3.